The molecule has 5 nitrogen and oxygen atoms in total. The summed E-state index contributed by atoms with van der Waals surface area (Å²) in [5.41, 5.74) is 1.62. The van der Waals surface area contributed by atoms with Crippen LogP contribution in [0.5, 0.6) is 0 Å². The van der Waals surface area contributed by atoms with E-state index < -0.39 is 0 Å². The molecule has 2 rings (SSSR count). The minimum Gasteiger partial charge on any atom is -0.356 e. The van der Waals surface area contributed by atoms with E-state index in [9.17, 15) is 9.59 Å². The third-order valence-corrected chi connectivity index (χ3v) is 4.44. The molecule has 0 unspecified atom stereocenters. The quantitative estimate of drug-likeness (QED) is 0.692. The molecule has 0 bridgehead atoms. The summed E-state index contributed by atoms with van der Waals surface area (Å²) < 4.78 is 0. The van der Waals surface area contributed by atoms with Crippen LogP contribution in [0.15, 0.2) is 29.6 Å². The van der Waals surface area contributed by atoms with Crippen LogP contribution in [0.1, 0.15) is 32.6 Å². The van der Waals surface area contributed by atoms with Crippen molar-refractivity contribution in [2.24, 2.45) is 0 Å². The number of nitrogens with one attached hydrogen (secondary N) is 2. The van der Waals surface area contributed by atoms with Gasteiger partial charge in [-0.2, -0.15) is 0 Å². The first-order valence-electron chi connectivity index (χ1n) is 7.81. The number of hydrogen-bond acceptors (Lipinski definition) is 4. The molecule has 0 saturated heterocycles. The SMILES string of the molecule is CC(=O)NCCCCCC(=O)Nc1nc(-c2ccccc2Cl)cs1. The fourth-order valence-corrected chi connectivity index (χ4v) is 3.12. The number of carbonyl (C=O) groups excluding carboxylic acids is 2. The maximum absolute atomic E-state index is 11.9. The molecule has 1 aromatic heterocycles. The van der Waals surface area contributed by atoms with Gasteiger partial charge in [0, 0.05) is 35.9 Å². The predicted molar refractivity (Wildman–Crippen MR) is 98.3 cm³/mol. The molecule has 0 atom stereocenters. The Morgan fingerprint density at radius 2 is 2.00 bits per heavy atom. The zero-order valence-corrected chi connectivity index (χ0v) is 15.0. The van der Waals surface area contributed by atoms with Gasteiger partial charge in [0.25, 0.3) is 0 Å². The second-order valence-electron chi connectivity index (χ2n) is 5.36. The topological polar surface area (TPSA) is 71.1 Å². The lowest BCUT2D eigenvalue weighted by atomic mass is 10.2. The molecule has 24 heavy (non-hydrogen) atoms. The number of amides is 2. The van der Waals surface area contributed by atoms with Crippen LogP contribution in [-0.4, -0.2) is 23.3 Å². The number of rotatable bonds is 8. The van der Waals surface area contributed by atoms with Crippen LogP contribution in [0.3, 0.4) is 0 Å². The number of halogens is 1. The van der Waals surface area contributed by atoms with Gasteiger partial charge < -0.3 is 10.6 Å². The highest BCUT2D eigenvalue weighted by molar-refractivity contribution is 7.14. The Morgan fingerprint density at radius 3 is 2.75 bits per heavy atom. The zero-order valence-electron chi connectivity index (χ0n) is 13.5. The van der Waals surface area contributed by atoms with Crippen molar-refractivity contribution >= 4 is 39.9 Å². The lowest BCUT2D eigenvalue weighted by Crippen LogP contribution is -2.20. The largest absolute Gasteiger partial charge is 0.356 e. The van der Waals surface area contributed by atoms with E-state index in [1.807, 2.05) is 29.6 Å². The van der Waals surface area contributed by atoms with Gasteiger partial charge in [0.1, 0.15) is 0 Å². The molecule has 0 aliphatic carbocycles. The normalized spacial score (nSPS) is 10.4. The predicted octanol–water partition coefficient (Wildman–Crippen LogP) is 4.10. The van der Waals surface area contributed by atoms with E-state index in [0.717, 1.165) is 30.5 Å². The summed E-state index contributed by atoms with van der Waals surface area (Å²) in [7, 11) is 0. The van der Waals surface area contributed by atoms with Crippen molar-refractivity contribution in [2.75, 3.05) is 11.9 Å². The van der Waals surface area contributed by atoms with Crippen LogP contribution in [0.2, 0.25) is 5.02 Å². The zero-order chi connectivity index (χ0) is 17.4. The van der Waals surface area contributed by atoms with Gasteiger partial charge in [-0.1, -0.05) is 36.2 Å². The fourth-order valence-electron chi connectivity index (χ4n) is 2.16. The summed E-state index contributed by atoms with van der Waals surface area (Å²) in [6.07, 6.45) is 3.01. The summed E-state index contributed by atoms with van der Waals surface area (Å²) in [6.45, 7) is 2.16. The number of benzene rings is 1. The molecule has 2 N–H and O–H groups in total. The monoisotopic (exact) mass is 365 g/mol. The third kappa shape index (κ3) is 5.94. The van der Waals surface area contributed by atoms with Gasteiger partial charge >= 0.3 is 0 Å². The number of hydrogen-bond donors (Lipinski definition) is 2. The molecule has 128 valence electrons. The molecule has 0 radical (unpaired) electrons. The highest BCUT2D eigenvalue weighted by atomic mass is 35.5. The van der Waals surface area contributed by atoms with Gasteiger partial charge in [-0.25, -0.2) is 4.98 Å². The van der Waals surface area contributed by atoms with Crippen LogP contribution in [0.4, 0.5) is 5.13 Å². The minimum absolute atomic E-state index is 0.0224. The van der Waals surface area contributed by atoms with Gasteiger partial charge in [-0.15, -0.1) is 11.3 Å². The Kier molecular flexibility index (Phi) is 7.21. The maximum atomic E-state index is 11.9. The second kappa shape index (κ2) is 9.39. The van der Waals surface area contributed by atoms with Crippen LogP contribution in [-0.2, 0) is 9.59 Å². The number of aromatic nitrogens is 1. The number of nitrogens with zero attached hydrogens (tertiary/aromatic N) is 1. The smallest absolute Gasteiger partial charge is 0.226 e. The van der Waals surface area contributed by atoms with E-state index in [2.05, 4.69) is 15.6 Å². The highest BCUT2D eigenvalue weighted by Crippen LogP contribution is 2.30. The summed E-state index contributed by atoms with van der Waals surface area (Å²) in [4.78, 5) is 27.1. The van der Waals surface area contributed by atoms with Gasteiger partial charge in [0.2, 0.25) is 11.8 Å². The first kappa shape index (κ1) is 18.4. The number of anilines is 1. The Morgan fingerprint density at radius 1 is 1.21 bits per heavy atom. The molecule has 0 fully saturated rings. The van der Waals surface area contributed by atoms with Crippen LogP contribution in [0, 0.1) is 0 Å². The summed E-state index contributed by atoms with van der Waals surface area (Å²) in [6, 6.07) is 7.49. The molecule has 1 aromatic carbocycles. The van der Waals surface area contributed by atoms with Gasteiger partial charge in [-0.3, -0.25) is 9.59 Å². The fraction of sp³-hybridized carbons (Fsp3) is 0.353. The van der Waals surface area contributed by atoms with E-state index in [-0.39, 0.29) is 11.8 Å². The van der Waals surface area contributed by atoms with E-state index in [4.69, 9.17) is 11.6 Å². The van der Waals surface area contributed by atoms with Crippen molar-refractivity contribution in [1.82, 2.24) is 10.3 Å². The summed E-state index contributed by atoms with van der Waals surface area (Å²) >= 11 is 7.54. The highest BCUT2D eigenvalue weighted by Gasteiger charge is 2.10. The molecule has 2 aromatic rings. The molecular weight excluding hydrogens is 346 g/mol. The maximum Gasteiger partial charge on any atom is 0.226 e. The first-order chi connectivity index (χ1) is 11.6. The second-order valence-corrected chi connectivity index (χ2v) is 6.62. The Bertz CT molecular complexity index is 703. The number of carbonyl (C=O) groups is 2. The Hall–Kier alpha value is -1.92. The summed E-state index contributed by atoms with van der Waals surface area (Å²) in [5.74, 6) is -0.0691. The van der Waals surface area contributed by atoms with Crippen molar-refractivity contribution in [3.63, 3.8) is 0 Å². The standard InChI is InChI=1S/C17H20ClN3O2S/c1-12(22)19-10-6-2-3-9-16(23)21-17-20-15(11-24-17)13-7-4-5-8-14(13)18/h4-5,7-8,11H,2-3,6,9-10H2,1H3,(H,19,22)(H,20,21,23). The average Bonchev–Trinajstić information content (AvgIpc) is 2.99. The van der Waals surface area contributed by atoms with Crippen molar-refractivity contribution in [1.29, 1.82) is 0 Å². The van der Waals surface area contributed by atoms with E-state index in [1.165, 1.54) is 18.3 Å². The average molecular weight is 366 g/mol. The van der Waals surface area contributed by atoms with Crippen molar-refractivity contribution in [2.45, 2.75) is 32.6 Å². The molecular formula is C17H20ClN3O2S. The van der Waals surface area contributed by atoms with E-state index >= 15 is 0 Å². The van der Waals surface area contributed by atoms with Gasteiger partial charge in [0.15, 0.2) is 5.13 Å². The molecule has 2 amide bonds. The van der Waals surface area contributed by atoms with Crippen LogP contribution < -0.4 is 10.6 Å². The molecule has 1 heterocycles. The Labute approximate surface area is 150 Å². The minimum atomic E-state index is -0.0467. The van der Waals surface area contributed by atoms with Gasteiger partial charge in [0.05, 0.1) is 5.69 Å². The van der Waals surface area contributed by atoms with E-state index in [1.54, 1.807) is 0 Å². The third-order valence-electron chi connectivity index (χ3n) is 3.35. The molecule has 0 aliphatic heterocycles. The summed E-state index contributed by atoms with van der Waals surface area (Å²) in [5, 5.41) is 8.65. The molecule has 0 spiro atoms. The molecule has 0 saturated carbocycles. The van der Waals surface area contributed by atoms with Crippen molar-refractivity contribution in [3.8, 4) is 11.3 Å². The van der Waals surface area contributed by atoms with Crippen molar-refractivity contribution < 1.29 is 9.59 Å². The molecule has 0 aliphatic rings. The Balaban J connectivity index is 1.75. The lowest BCUT2D eigenvalue weighted by molar-refractivity contribution is -0.119. The number of thiazole rings is 1. The van der Waals surface area contributed by atoms with E-state index in [0.29, 0.717) is 23.1 Å². The number of unbranched alkanes of at least 4 members (excludes halogenated alkanes) is 2. The molecule has 7 heteroatoms. The van der Waals surface area contributed by atoms with Crippen LogP contribution >= 0.6 is 22.9 Å². The van der Waals surface area contributed by atoms with Crippen LogP contribution in [0.25, 0.3) is 11.3 Å². The lowest BCUT2D eigenvalue weighted by Gasteiger charge is -2.03. The van der Waals surface area contributed by atoms with Crippen molar-refractivity contribution in [3.05, 3.63) is 34.7 Å². The first-order valence-corrected chi connectivity index (χ1v) is 9.07. The van der Waals surface area contributed by atoms with Gasteiger partial charge in [-0.05, 0) is 18.9 Å².